The first kappa shape index (κ1) is 18.0. The molecular formula is C14H14O2S8. The Bertz CT molecular complexity index is 622. The Morgan fingerprint density at radius 2 is 1.12 bits per heavy atom. The average Bonchev–Trinajstić information content (AvgIpc) is 3.29. The third-order valence-corrected chi connectivity index (χ3v) is 16.1. The summed E-state index contributed by atoms with van der Waals surface area (Å²) in [6.07, 6.45) is 0.316. The molecule has 0 spiro atoms. The number of hydrogen-bond acceptors (Lipinski definition) is 10. The van der Waals surface area contributed by atoms with E-state index in [0.717, 1.165) is 0 Å². The normalized spacial score (nSPS) is 34.8. The number of rotatable bonds is 1. The van der Waals surface area contributed by atoms with E-state index in [1.165, 1.54) is 36.9 Å². The molecule has 0 amide bonds. The summed E-state index contributed by atoms with van der Waals surface area (Å²) < 4.78 is 21.2. The van der Waals surface area contributed by atoms with Crippen LogP contribution in [0.25, 0.3) is 0 Å². The summed E-state index contributed by atoms with van der Waals surface area (Å²) in [6.45, 7) is 4.20. The minimum Gasteiger partial charge on any atom is -0.345 e. The lowest BCUT2D eigenvalue weighted by atomic mass is 10.3. The molecule has 5 heterocycles. The highest BCUT2D eigenvalue weighted by molar-refractivity contribution is 8.48. The van der Waals surface area contributed by atoms with Crippen LogP contribution in [0.4, 0.5) is 0 Å². The lowest BCUT2D eigenvalue weighted by Gasteiger charge is -2.17. The maximum absolute atomic E-state index is 5.97. The molecule has 130 valence electrons. The summed E-state index contributed by atoms with van der Waals surface area (Å²) in [6, 6.07) is 0. The fourth-order valence-corrected chi connectivity index (χ4v) is 15.5. The van der Waals surface area contributed by atoms with Crippen LogP contribution in [0.15, 0.2) is 25.4 Å². The summed E-state index contributed by atoms with van der Waals surface area (Å²) >= 11 is 15.8. The predicted molar refractivity (Wildman–Crippen MR) is 120 cm³/mol. The standard InChI is InChI=1S/C14H14O2S8/c1-5-6(2)16-7(15-5)8-19-11-12(20-8)24-14(23-11)13-21-9-10(22-13)18-4-3-17-9/h5-8H,3-4H2,1-2H3/t5-,6-/m1/s1. The Morgan fingerprint density at radius 3 is 1.62 bits per heavy atom. The van der Waals surface area contributed by atoms with Crippen molar-refractivity contribution < 1.29 is 9.47 Å². The van der Waals surface area contributed by atoms with E-state index in [2.05, 4.69) is 13.8 Å². The van der Waals surface area contributed by atoms with Crippen molar-refractivity contribution in [2.75, 3.05) is 11.5 Å². The maximum atomic E-state index is 5.97. The Labute approximate surface area is 176 Å². The van der Waals surface area contributed by atoms with Gasteiger partial charge < -0.3 is 9.47 Å². The third kappa shape index (κ3) is 3.39. The van der Waals surface area contributed by atoms with Gasteiger partial charge in [-0.2, -0.15) is 0 Å². The van der Waals surface area contributed by atoms with Gasteiger partial charge in [0.15, 0.2) is 6.29 Å². The monoisotopic (exact) mass is 470 g/mol. The molecule has 5 aliphatic heterocycles. The predicted octanol–water partition coefficient (Wildman–Crippen LogP) is 6.76. The molecule has 10 heteroatoms. The van der Waals surface area contributed by atoms with Gasteiger partial charge in [-0.1, -0.05) is 70.6 Å². The van der Waals surface area contributed by atoms with Crippen molar-refractivity contribution in [3.8, 4) is 0 Å². The van der Waals surface area contributed by atoms with Crippen molar-refractivity contribution in [3.05, 3.63) is 25.4 Å². The van der Waals surface area contributed by atoms with Crippen LogP contribution in [0.2, 0.25) is 0 Å². The second-order valence-corrected chi connectivity index (χ2v) is 15.9. The van der Waals surface area contributed by atoms with Gasteiger partial charge in [-0.3, -0.25) is 0 Å². The molecule has 0 aromatic heterocycles. The first-order valence-corrected chi connectivity index (χ1v) is 14.5. The van der Waals surface area contributed by atoms with E-state index in [-0.39, 0.29) is 18.5 Å². The molecule has 0 unspecified atom stereocenters. The van der Waals surface area contributed by atoms with Crippen molar-refractivity contribution in [2.24, 2.45) is 0 Å². The molecule has 0 bridgehead atoms. The van der Waals surface area contributed by atoms with E-state index >= 15 is 0 Å². The second-order valence-electron chi connectivity index (χ2n) is 5.48. The molecule has 5 rings (SSSR count). The topological polar surface area (TPSA) is 18.5 Å². The minimum absolute atomic E-state index is 0.0788. The molecule has 0 radical (unpaired) electrons. The summed E-state index contributed by atoms with van der Waals surface area (Å²) in [7, 11) is 0. The van der Waals surface area contributed by atoms with Gasteiger partial charge in [0.1, 0.15) is 4.58 Å². The molecule has 2 nitrogen and oxygen atoms in total. The summed E-state index contributed by atoms with van der Waals surface area (Å²) in [4.78, 5) is 0. The van der Waals surface area contributed by atoms with Crippen LogP contribution in [0.5, 0.6) is 0 Å². The highest BCUT2D eigenvalue weighted by atomic mass is 32.3. The Kier molecular flexibility index (Phi) is 5.55. The van der Waals surface area contributed by atoms with Crippen LogP contribution in [0.3, 0.4) is 0 Å². The van der Waals surface area contributed by atoms with Gasteiger partial charge in [0.05, 0.1) is 37.6 Å². The van der Waals surface area contributed by atoms with Gasteiger partial charge >= 0.3 is 0 Å². The Balaban J connectivity index is 1.23. The molecule has 0 aliphatic carbocycles. The molecule has 24 heavy (non-hydrogen) atoms. The molecule has 0 N–H and O–H groups in total. The first-order chi connectivity index (χ1) is 11.7. The van der Waals surface area contributed by atoms with Crippen LogP contribution in [0.1, 0.15) is 13.8 Å². The molecular weight excluding hydrogens is 457 g/mol. The fraction of sp³-hybridized carbons (Fsp3) is 0.571. The molecule has 1 saturated heterocycles. The zero-order valence-corrected chi connectivity index (χ0v) is 19.3. The van der Waals surface area contributed by atoms with Crippen molar-refractivity contribution in [3.63, 3.8) is 0 Å². The van der Waals surface area contributed by atoms with Gasteiger partial charge in [0.25, 0.3) is 0 Å². The van der Waals surface area contributed by atoms with Gasteiger partial charge in [0, 0.05) is 11.5 Å². The van der Waals surface area contributed by atoms with E-state index in [1.807, 2.05) is 94.1 Å². The first-order valence-electron chi connectivity index (χ1n) is 7.51. The molecule has 0 saturated carbocycles. The van der Waals surface area contributed by atoms with Gasteiger partial charge in [-0.15, -0.1) is 23.5 Å². The van der Waals surface area contributed by atoms with Gasteiger partial charge in [-0.25, -0.2) is 0 Å². The minimum atomic E-state index is -0.0788. The maximum Gasteiger partial charge on any atom is 0.180 e. The van der Waals surface area contributed by atoms with E-state index in [4.69, 9.17) is 9.47 Å². The van der Waals surface area contributed by atoms with Crippen LogP contribution < -0.4 is 0 Å². The van der Waals surface area contributed by atoms with Gasteiger partial charge in [0.2, 0.25) is 0 Å². The highest BCUT2D eigenvalue weighted by Crippen LogP contribution is 2.70. The average molecular weight is 471 g/mol. The Hall–Kier alpha value is 1.94. The summed E-state index contributed by atoms with van der Waals surface area (Å²) in [5, 5.41) is 0. The quantitative estimate of drug-likeness (QED) is 0.407. The van der Waals surface area contributed by atoms with Crippen LogP contribution >= 0.6 is 94.1 Å². The summed E-state index contributed by atoms with van der Waals surface area (Å²) in [5.74, 6) is 2.50. The van der Waals surface area contributed by atoms with E-state index in [1.54, 1.807) is 0 Å². The van der Waals surface area contributed by atoms with Crippen molar-refractivity contribution in [2.45, 2.75) is 36.9 Å². The van der Waals surface area contributed by atoms with Crippen LogP contribution in [0, 0.1) is 0 Å². The van der Waals surface area contributed by atoms with Gasteiger partial charge in [-0.05, 0) is 13.8 Å². The van der Waals surface area contributed by atoms with E-state index in [9.17, 15) is 0 Å². The molecule has 2 atom stereocenters. The lowest BCUT2D eigenvalue weighted by molar-refractivity contribution is -0.0486. The van der Waals surface area contributed by atoms with E-state index in [0.29, 0.717) is 4.58 Å². The van der Waals surface area contributed by atoms with E-state index < -0.39 is 0 Å². The van der Waals surface area contributed by atoms with Crippen LogP contribution in [-0.2, 0) is 9.47 Å². The molecule has 1 fully saturated rings. The molecule has 0 aromatic rings. The zero-order chi connectivity index (χ0) is 16.3. The van der Waals surface area contributed by atoms with Crippen LogP contribution in [-0.4, -0.2) is 34.6 Å². The third-order valence-electron chi connectivity index (χ3n) is 3.82. The SMILES string of the molecule is C[C@H]1OC(C2SC3=C(SC(=C4SC5=C(SCCS5)S4)S3)S2)O[C@@H]1C. The Morgan fingerprint density at radius 1 is 0.667 bits per heavy atom. The second kappa shape index (κ2) is 7.40. The van der Waals surface area contributed by atoms with Crippen molar-refractivity contribution >= 4 is 94.1 Å². The van der Waals surface area contributed by atoms with Crippen molar-refractivity contribution in [1.82, 2.24) is 0 Å². The molecule has 5 aliphatic rings. The zero-order valence-electron chi connectivity index (χ0n) is 12.8. The number of ether oxygens (including phenoxy) is 2. The largest absolute Gasteiger partial charge is 0.345 e. The lowest BCUT2D eigenvalue weighted by Crippen LogP contribution is -2.20. The number of hydrogen-bond donors (Lipinski definition) is 0. The smallest absolute Gasteiger partial charge is 0.180 e. The fourth-order valence-electron chi connectivity index (χ4n) is 2.45. The summed E-state index contributed by atoms with van der Waals surface area (Å²) in [5.41, 5.74) is 0. The highest BCUT2D eigenvalue weighted by Gasteiger charge is 2.44. The number of thioether (sulfide) groups is 8. The molecule has 0 aromatic carbocycles. The van der Waals surface area contributed by atoms with Crippen molar-refractivity contribution in [1.29, 1.82) is 0 Å².